The van der Waals surface area contributed by atoms with Crippen LogP contribution in [0.4, 0.5) is 4.39 Å². The van der Waals surface area contributed by atoms with Gasteiger partial charge in [0.15, 0.2) is 0 Å². The molecule has 1 aliphatic heterocycles. The van der Waals surface area contributed by atoms with Crippen LogP contribution in [0.5, 0.6) is 0 Å². The summed E-state index contributed by atoms with van der Waals surface area (Å²) in [5.41, 5.74) is -0.247. The van der Waals surface area contributed by atoms with Gasteiger partial charge in [-0.25, -0.2) is 12.8 Å². The van der Waals surface area contributed by atoms with Crippen LogP contribution in [0.15, 0.2) is 23.1 Å². The molecule has 1 heterocycles. The largest absolute Gasteiger partial charge is 0.317 e. The van der Waals surface area contributed by atoms with E-state index in [1.165, 1.54) is 10.4 Å². The Balaban J connectivity index is 2.38. The Morgan fingerprint density at radius 1 is 1.41 bits per heavy atom. The van der Waals surface area contributed by atoms with Crippen molar-refractivity contribution in [3.05, 3.63) is 29.6 Å². The van der Waals surface area contributed by atoms with Crippen molar-refractivity contribution in [1.29, 1.82) is 5.26 Å². The number of benzene rings is 1. The first-order valence-corrected chi connectivity index (χ1v) is 8.87. The van der Waals surface area contributed by atoms with Crippen LogP contribution in [0.2, 0.25) is 0 Å². The van der Waals surface area contributed by atoms with E-state index in [0.717, 1.165) is 38.1 Å². The molecule has 1 saturated heterocycles. The van der Waals surface area contributed by atoms with Gasteiger partial charge in [-0.1, -0.05) is 6.92 Å². The minimum absolute atomic E-state index is 0.0163. The Labute approximate surface area is 130 Å². The van der Waals surface area contributed by atoms with Gasteiger partial charge < -0.3 is 5.32 Å². The van der Waals surface area contributed by atoms with Gasteiger partial charge in [-0.2, -0.15) is 9.57 Å². The lowest BCUT2D eigenvalue weighted by molar-refractivity contribution is 0.262. The Morgan fingerprint density at radius 2 is 2.09 bits per heavy atom. The van der Waals surface area contributed by atoms with Gasteiger partial charge in [-0.15, -0.1) is 0 Å². The molecule has 0 amide bonds. The summed E-state index contributed by atoms with van der Waals surface area (Å²) < 4.78 is 40.7. The highest BCUT2D eigenvalue weighted by atomic mass is 32.2. The molecule has 0 spiro atoms. The van der Waals surface area contributed by atoms with Gasteiger partial charge >= 0.3 is 0 Å². The Bertz CT molecular complexity index is 664. The highest BCUT2D eigenvalue weighted by molar-refractivity contribution is 7.89. The molecule has 0 bridgehead atoms. The monoisotopic (exact) mass is 325 g/mol. The summed E-state index contributed by atoms with van der Waals surface area (Å²) in [5, 5.41) is 12.1. The molecule has 0 atom stereocenters. The smallest absolute Gasteiger partial charge is 0.243 e. The first-order chi connectivity index (χ1) is 10.5. The second kappa shape index (κ2) is 7.18. The molecule has 0 radical (unpaired) electrons. The highest BCUT2D eigenvalue weighted by Gasteiger charge is 2.32. The number of nitrogens with one attached hydrogen (secondary N) is 1. The standard InChI is InChI=1S/C15H20FN3O2S/c1-2-9-19(13-5-7-18-8-6-13)22(20,21)14-3-4-15(16)12(10-14)11-17/h3-4,10,13,18H,2,5-9H2,1H3. The number of hydrogen-bond donors (Lipinski definition) is 1. The van der Waals surface area contributed by atoms with Crippen LogP contribution in [0.3, 0.4) is 0 Å². The van der Waals surface area contributed by atoms with E-state index in [2.05, 4.69) is 5.32 Å². The van der Waals surface area contributed by atoms with Crippen molar-refractivity contribution in [2.75, 3.05) is 19.6 Å². The van der Waals surface area contributed by atoms with Gasteiger partial charge in [0, 0.05) is 12.6 Å². The predicted octanol–water partition coefficient (Wildman–Crippen LogP) is 1.85. The number of halogens is 1. The molecule has 1 fully saturated rings. The van der Waals surface area contributed by atoms with Crippen molar-refractivity contribution in [2.24, 2.45) is 0 Å². The van der Waals surface area contributed by atoms with Crippen LogP contribution in [0.25, 0.3) is 0 Å². The molecule has 1 N–H and O–H groups in total. The fourth-order valence-corrected chi connectivity index (χ4v) is 4.50. The summed E-state index contributed by atoms with van der Waals surface area (Å²) in [6, 6.07) is 5.03. The van der Waals surface area contributed by atoms with Crippen molar-refractivity contribution in [3.8, 4) is 6.07 Å². The highest BCUT2D eigenvalue weighted by Crippen LogP contribution is 2.24. The lowest BCUT2D eigenvalue weighted by atomic mass is 10.1. The van der Waals surface area contributed by atoms with Gasteiger partial charge in [-0.05, 0) is 50.6 Å². The maximum Gasteiger partial charge on any atom is 0.243 e. The van der Waals surface area contributed by atoms with Crippen molar-refractivity contribution in [2.45, 2.75) is 37.1 Å². The molecule has 0 saturated carbocycles. The number of sulfonamides is 1. The molecule has 1 aliphatic rings. The summed E-state index contributed by atoms with van der Waals surface area (Å²) in [4.78, 5) is -0.0163. The quantitative estimate of drug-likeness (QED) is 0.897. The van der Waals surface area contributed by atoms with E-state index in [1.54, 1.807) is 6.07 Å². The van der Waals surface area contributed by atoms with E-state index >= 15 is 0 Å². The zero-order valence-electron chi connectivity index (χ0n) is 12.5. The Kier molecular flexibility index (Phi) is 5.51. The minimum Gasteiger partial charge on any atom is -0.317 e. The second-order valence-electron chi connectivity index (χ2n) is 5.35. The zero-order valence-corrected chi connectivity index (χ0v) is 13.4. The first-order valence-electron chi connectivity index (χ1n) is 7.43. The molecular formula is C15H20FN3O2S. The first kappa shape index (κ1) is 16.9. The van der Waals surface area contributed by atoms with Crippen LogP contribution >= 0.6 is 0 Å². The van der Waals surface area contributed by atoms with Crippen LogP contribution in [0, 0.1) is 17.1 Å². The lowest BCUT2D eigenvalue weighted by Gasteiger charge is -2.33. The van der Waals surface area contributed by atoms with Crippen molar-refractivity contribution < 1.29 is 12.8 Å². The number of rotatable bonds is 5. The van der Waals surface area contributed by atoms with E-state index in [9.17, 15) is 12.8 Å². The summed E-state index contributed by atoms with van der Waals surface area (Å²) in [5.74, 6) is -0.703. The van der Waals surface area contributed by atoms with E-state index in [1.807, 2.05) is 6.92 Å². The number of nitriles is 1. The molecule has 120 valence electrons. The van der Waals surface area contributed by atoms with Crippen LogP contribution < -0.4 is 5.32 Å². The average molecular weight is 325 g/mol. The molecule has 0 aromatic heterocycles. The van der Waals surface area contributed by atoms with E-state index < -0.39 is 15.8 Å². The normalized spacial score (nSPS) is 16.6. The summed E-state index contributed by atoms with van der Waals surface area (Å²) in [6.45, 7) is 3.92. The molecule has 0 unspecified atom stereocenters. The van der Waals surface area contributed by atoms with Crippen molar-refractivity contribution >= 4 is 10.0 Å². The van der Waals surface area contributed by atoms with E-state index in [4.69, 9.17) is 5.26 Å². The van der Waals surface area contributed by atoms with Crippen molar-refractivity contribution in [1.82, 2.24) is 9.62 Å². The van der Waals surface area contributed by atoms with Crippen molar-refractivity contribution in [3.63, 3.8) is 0 Å². The van der Waals surface area contributed by atoms with Gasteiger partial charge in [0.2, 0.25) is 10.0 Å². The van der Waals surface area contributed by atoms with Gasteiger partial charge in [0.1, 0.15) is 11.9 Å². The van der Waals surface area contributed by atoms with Gasteiger partial charge in [0.05, 0.1) is 10.5 Å². The number of piperidine rings is 1. The maximum absolute atomic E-state index is 13.4. The molecule has 1 aromatic rings. The van der Waals surface area contributed by atoms with E-state index in [-0.39, 0.29) is 16.5 Å². The SMILES string of the molecule is CCCN(C1CCNCC1)S(=O)(=O)c1ccc(F)c(C#N)c1. The molecule has 2 rings (SSSR count). The third-order valence-corrected chi connectivity index (χ3v) is 5.77. The average Bonchev–Trinajstić information content (AvgIpc) is 2.53. The third kappa shape index (κ3) is 3.46. The van der Waals surface area contributed by atoms with Gasteiger partial charge in [0.25, 0.3) is 0 Å². The minimum atomic E-state index is -3.72. The zero-order chi connectivity index (χ0) is 16.2. The van der Waals surface area contributed by atoms with Crippen LogP contribution in [0.1, 0.15) is 31.7 Å². The molecule has 22 heavy (non-hydrogen) atoms. The molecule has 1 aromatic carbocycles. The van der Waals surface area contributed by atoms with Gasteiger partial charge in [-0.3, -0.25) is 0 Å². The molecule has 0 aliphatic carbocycles. The maximum atomic E-state index is 13.4. The number of hydrogen-bond acceptors (Lipinski definition) is 4. The summed E-state index contributed by atoms with van der Waals surface area (Å²) in [7, 11) is -3.72. The molecule has 7 heteroatoms. The summed E-state index contributed by atoms with van der Waals surface area (Å²) in [6.07, 6.45) is 2.21. The predicted molar refractivity (Wildman–Crippen MR) is 81.2 cm³/mol. The Hall–Kier alpha value is -1.49. The third-order valence-electron chi connectivity index (χ3n) is 3.82. The van der Waals surface area contributed by atoms with Crippen LogP contribution in [-0.4, -0.2) is 38.4 Å². The number of nitrogens with zero attached hydrogens (tertiary/aromatic N) is 2. The molecular weight excluding hydrogens is 305 g/mol. The fraction of sp³-hybridized carbons (Fsp3) is 0.533. The Morgan fingerprint density at radius 3 is 2.68 bits per heavy atom. The second-order valence-corrected chi connectivity index (χ2v) is 7.24. The lowest BCUT2D eigenvalue weighted by Crippen LogP contribution is -2.46. The topological polar surface area (TPSA) is 73.2 Å². The fourth-order valence-electron chi connectivity index (χ4n) is 2.70. The van der Waals surface area contributed by atoms with E-state index in [0.29, 0.717) is 13.0 Å². The van der Waals surface area contributed by atoms with Crippen LogP contribution in [-0.2, 0) is 10.0 Å². The molecule has 5 nitrogen and oxygen atoms in total. The summed E-state index contributed by atoms with van der Waals surface area (Å²) >= 11 is 0.